The Hall–Kier alpha value is -2.72. The van der Waals surface area contributed by atoms with Crippen molar-refractivity contribution in [3.05, 3.63) is 59.3 Å². The molecule has 4 rings (SSSR count). The van der Waals surface area contributed by atoms with Gasteiger partial charge in [0.25, 0.3) is 0 Å². The molecule has 0 saturated carbocycles. The van der Waals surface area contributed by atoms with Crippen LogP contribution in [-0.4, -0.2) is 29.3 Å². The van der Waals surface area contributed by atoms with E-state index in [1.165, 1.54) is 34.4 Å². The van der Waals surface area contributed by atoms with Gasteiger partial charge in [0.15, 0.2) is 0 Å². The lowest BCUT2D eigenvalue weighted by atomic mass is 10.0. The number of aliphatic hydroxyl groups excluding tert-OH is 1. The Morgan fingerprint density at radius 1 is 1.27 bits per heavy atom. The first kappa shape index (κ1) is 22.0. The highest BCUT2D eigenvalue weighted by Crippen LogP contribution is 2.38. The van der Waals surface area contributed by atoms with E-state index in [1.54, 1.807) is 11.3 Å². The van der Waals surface area contributed by atoms with Crippen LogP contribution in [0.3, 0.4) is 0 Å². The summed E-state index contributed by atoms with van der Waals surface area (Å²) >= 11 is 1.68. The van der Waals surface area contributed by atoms with E-state index < -0.39 is 0 Å². The molecule has 3 N–H and O–H groups in total. The van der Waals surface area contributed by atoms with E-state index in [4.69, 9.17) is 15.6 Å². The Labute approximate surface area is 181 Å². The van der Waals surface area contributed by atoms with Crippen LogP contribution in [0.15, 0.2) is 42.6 Å². The summed E-state index contributed by atoms with van der Waals surface area (Å²) in [5.74, 6) is 0.629. The summed E-state index contributed by atoms with van der Waals surface area (Å²) in [5.41, 5.74) is 10.5. The number of hydrogen-bond donors (Lipinski definition) is 2. The lowest BCUT2D eigenvalue weighted by Crippen LogP contribution is -2.06. The normalized spacial score (nSPS) is 12.1. The molecular weight excluding hydrogens is 394 g/mol. The molecule has 1 aliphatic carbocycles. The van der Waals surface area contributed by atoms with Crippen molar-refractivity contribution in [3.8, 4) is 32.8 Å². The molecule has 0 spiro atoms. The number of aromatic nitrogens is 1. The second kappa shape index (κ2) is 10.4. The molecule has 1 aliphatic rings. The van der Waals surface area contributed by atoms with Crippen LogP contribution in [0.1, 0.15) is 37.0 Å². The third kappa shape index (κ3) is 5.06. The van der Waals surface area contributed by atoms with Crippen molar-refractivity contribution in [2.45, 2.75) is 39.2 Å². The highest BCUT2D eigenvalue weighted by Gasteiger charge is 2.17. The van der Waals surface area contributed by atoms with E-state index in [9.17, 15) is 5.26 Å². The molecule has 0 unspecified atom stereocenters. The average molecular weight is 422 g/mol. The van der Waals surface area contributed by atoms with Gasteiger partial charge in [-0.25, -0.2) is 4.98 Å². The molecule has 0 atom stereocenters. The van der Waals surface area contributed by atoms with E-state index in [1.807, 2.05) is 38.2 Å². The summed E-state index contributed by atoms with van der Waals surface area (Å²) < 4.78 is 5.71. The van der Waals surface area contributed by atoms with Crippen molar-refractivity contribution in [2.75, 3.05) is 13.2 Å². The monoisotopic (exact) mass is 421 g/mol. The van der Waals surface area contributed by atoms with E-state index in [0.29, 0.717) is 17.9 Å². The van der Waals surface area contributed by atoms with Gasteiger partial charge in [-0.05, 0) is 68.0 Å². The third-order valence-corrected chi connectivity index (χ3v) is 5.84. The number of thiazole rings is 1. The van der Waals surface area contributed by atoms with Gasteiger partial charge in [0, 0.05) is 18.3 Å². The largest absolute Gasteiger partial charge is 0.490 e. The van der Waals surface area contributed by atoms with Crippen LogP contribution in [0.5, 0.6) is 5.75 Å². The zero-order valence-corrected chi connectivity index (χ0v) is 18.2. The second-order valence-corrected chi connectivity index (χ2v) is 8.36. The second-order valence-electron chi connectivity index (χ2n) is 7.33. The number of rotatable bonds is 5. The van der Waals surface area contributed by atoms with Crippen LogP contribution in [0.2, 0.25) is 0 Å². The zero-order chi connectivity index (χ0) is 21.5. The van der Waals surface area contributed by atoms with Gasteiger partial charge in [0.2, 0.25) is 0 Å². The summed E-state index contributed by atoms with van der Waals surface area (Å²) in [6.07, 6.45) is 5.56. The molecule has 0 radical (unpaired) electrons. The van der Waals surface area contributed by atoms with Gasteiger partial charge < -0.3 is 15.6 Å². The highest BCUT2D eigenvalue weighted by molar-refractivity contribution is 7.18. The van der Waals surface area contributed by atoms with Crippen LogP contribution in [0, 0.1) is 11.3 Å². The van der Waals surface area contributed by atoms with Gasteiger partial charge >= 0.3 is 0 Å². The summed E-state index contributed by atoms with van der Waals surface area (Å²) in [6, 6.07) is 14.5. The fourth-order valence-electron chi connectivity index (χ4n) is 3.49. The first-order chi connectivity index (χ1) is 14.6. The molecule has 1 heterocycles. The molecule has 5 nitrogen and oxygen atoms in total. The molecule has 0 fully saturated rings. The Morgan fingerprint density at radius 2 is 2.07 bits per heavy atom. The lowest BCUT2D eigenvalue weighted by molar-refractivity contribution is 0.242. The number of nitriles is 1. The molecule has 1 aromatic heterocycles. The topological polar surface area (TPSA) is 92.2 Å². The van der Waals surface area contributed by atoms with E-state index in [0.717, 1.165) is 17.0 Å². The van der Waals surface area contributed by atoms with Gasteiger partial charge in [-0.15, -0.1) is 11.3 Å². The first-order valence-corrected chi connectivity index (χ1v) is 11.0. The fourth-order valence-corrected chi connectivity index (χ4v) is 4.45. The predicted octanol–water partition coefficient (Wildman–Crippen LogP) is 4.56. The first-order valence-electron chi connectivity index (χ1n) is 10.2. The minimum absolute atomic E-state index is 0.0413. The standard InChI is InChI=1S/C22H20N2OS.C2H7NO/c1-14(2)25-20-10-9-16(11-17(20)12-23)22-24-13-21(26-22)19-8-4-6-15-5-3-7-18(15)19;3-1-2-4/h4,6,8-11,13-14H,3,5,7H2,1-2H3;4H,1-3H2. The molecule has 2 aromatic carbocycles. The van der Waals surface area contributed by atoms with Gasteiger partial charge in [0.05, 0.1) is 23.2 Å². The van der Waals surface area contributed by atoms with E-state index in [2.05, 4.69) is 29.3 Å². The minimum atomic E-state index is 0.0413. The Kier molecular flexibility index (Phi) is 7.58. The summed E-state index contributed by atoms with van der Waals surface area (Å²) in [4.78, 5) is 5.82. The van der Waals surface area contributed by atoms with Crippen molar-refractivity contribution < 1.29 is 9.84 Å². The van der Waals surface area contributed by atoms with Crippen LogP contribution in [0.4, 0.5) is 0 Å². The van der Waals surface area contributed by atoms with Crippen LogP contribution >= 0.6 is 11.3 Å². The molecule has 3 aromatic rings. The lowest BCUT2D eigenvalue weighted by Gasteiger charge is -2.11. The Balaban J connectivity index is 0.000000589. The third-order valence-electron chi connectivity index (χ3n) is 4.76. The quantitative estimate of drug-likeness (QED) is 0.630. The number of ether oxygens (including phenoxy) is 1. The SMILES string of the molecule is CC(C)Oc1ccc(-c2ncc(-c3cccc4c3CCC4)s2)cc1C#N.NCCO. The zero-order valence-electron chi connectivity index (χ0n) is 17.4. The van der Waals surface area contributed by atoms with Crippen LogP contribution in [-0.2, 0) is 12.8 Å². The van der Waals surface area contributed by atoms with Crippen molar-refractivity contribution in [1.82, 2.24) is 4.98 Å². The van der Waals surface area contributed by atoms with Crippen molar-refractivity contribution in [3.63, 3.8) is 0 Å². The van der Waals surface area contributed by atoms with Crippen molar-refractivity contribution in [2.24, 2.45) is 5.73 Å². The molecular formula is C24H27N3O2S. The number of nitrogens with two attached hydrogens (primary N) is 1. The Bertz CT molecular complexity index is 1040. The van der Waals surface area contributed by atoms with Gasteiger partial charge in [-0.1, -0.05) is 18.2 Å². The molecule has 0 saturated heterocycles. The van der Waals surface area contributed by atoms with Crippen LogP contribution < -0.4 is 10.5 Å². The smallest absolute Gasteiger partial charge is 0.137 e. The van der Waals surface area contributed by atoms with Crippen LogP contribution in [0.25, 0.3) is 21.0 Å². The maximum atomic E-state index is 9.44. The number of aryl methyl sites for hydroxylation is 1. The number of benzene rings is 2. The van der Waals surface area contributed by atoms with E-state index >= 15 is 0 Å². The summed E-state index contributed by atoms with van der Waals surface area (Å²) in [5, 5.41) is 18.1. The number of aliphatic hydroxyl groups is 1. The molecule has 6 heteroatoms. The maximum Gasteiger partial charge on any atom is 0.137 e. The average Bonchev–Trinajstić information content (AvgIpc) is 3.43. The minimum Gasteiger partial charge on any atom is -0.490 e. The predicted molar refractivity (Wildman–Crippen MR) is 122 cm³/mol. The van der Waals surface area contributed by atoms with Crippen molar-refractivity contribution in [1.29, 1.82) is 5.26 Å². The highest BCUT2D eigenvalue weighted by atomic mass is 32.1. The maximum absolute atomic E-state index is 9.44. The molecule has 30 heavy (non-hydrogen) atoms. The summed E-state index contributed by atoms with van der Waals surface area (Å²) in [6.45, 7) is 4.39. The van der Waals surface area contributed by atoms with Crippen molar-refractivity contribution >= 4 is 11.3 Å². The number of nitrogens with zero attached hydrogens (tertiary/aromatic N) is 2. The number of hydrogen-bond acceptors (Lipinski definition) is 6. The van der Waals surface area contributed by atoms with Gasteiger partial charge in [0.1, 0.15) is 16.8 Å². The molecule has 0 aliphatic heterocycles. The molecule has 0 amide bonds. The van der Waals surface area contributed by atoms with Gasteiger partial charge in [-0.2, -0.15) is 5.26 Å². The summed E-state index contributed by atoms with van der Waals surface area (Å²) in [7, 11) is 0. The van der Waals surface area contributed by atoms with Gasteiger partial charge in [-0.3, -0.25) is 0 Å². The van der Waals surface area contributed by atoms with E-state index in [-0.39, 0.29) is 12.7 Å². The number of fused-ring (bicyclic) bond motifs is 1. The molecule has 156 valence electrons. The fraction of sp³-hybridized carbons (Fsp3) is 0.333. The Morgan fingerprint density at radius 3 is 2.77 bits per heavy atom. The molecule has 0 bridgehead atoms.